The van der Waals surface area contributed by atoms with Gasteiger partial charge in [0.2, 0.25) is 0 Å². The van der Waals surface area contributed by atoms with Crippen LogP contribution in [-0.2, 0) is 18.3 Å². The molecule has 1 aliphatic carbocycles. The van der Waals surface area contributed by atoms with Crippen LogP contribution in [0, 0.1) is 0 Å². The summed E-state index contributed by atoms with van der Waals surface area (Å²) in [5.74, 6) is 0. The number of fused-ring (bicyclic) bond motifs is 1. The molecule has 88 valence electrons. The van der Waals surface area contributed by atoms with E-state index >= 15 is 0 Å². The summed E-state index contributed by atoms with van der Waals surface area (Å²) >= 11 is 0. The van der Waals surface area contributed by atoms with Gasteiger partial charge in [0.1, 0.15) is 0 Å². The topological polar surface area (TPSA) is 26.0 Å². The zero-order valence-corrected chi connectivity index (χ0v) is 10.9. The molecule has 1 aliphatic rings. The van der Waals surface area contributed by atoms with Crippen molar-refractivity contribution in [2.24, 2.45) is 5.73 Å². The lowest BCUT2D eigenvalue weighted by Gasteiger charge is -2.22. The molecule has 1 aromatic carbocycles. The molecule has 2 rings (SSSR count). The van der Waals surface area contributed by atoms with Crippen LogP contribution in [0.4, 0.5) is 0 Å². The number of benzene rings is 1. The number of aryl methyl sites for hydroxylation is 2. The Morgan fingerprint density at radius 2 is 1.75 bits per heavy atom. The van der Waals surface area contributed by atoms with Crippen LogP contribution in [0.1, 0.15) is 62.4 Å². The largest absolute Gasteiger partial charge is 0.324 e. The predicted octanol–water partition coefficient (Wildman–Crippen LogP) is 3.49. The average molecular weight is 217 g/mol. The zero-order chi connectivity index (χ0) is 11.9. The van der Waals surface area contributed by atoms with Gasteiger partial charge in [0.15, 0.2) is 0 Å². The summed E-state index contributed by atoms with van der Waals surface area (Å²) in [4.78, 5) is 0. The molecule has 0 radical (unpaired) electrons. The minimum absolute atomic E-state index is 0.242. The Balaban J connectivity index is 2.69. The smallest absolute Gasteiger partial charge is 0.0308 e. The number of rotatable bonds is 2. The van der Waals surface area contributed by atoms with E-state index in [2.05, 4.69) is 39.8 Å². The summed E-state index contributed by atoms with van der Waals surface area (Å²) in [5.41, 5.74) is 12.5. The molecule has 0 aromatic heterocycles. The van der Waals surface area contributed by atoms with Crippen molar-refractivity contribution in [3.8, 4) is 0 Å². The molecule has 0 saturated heterocycles. The van der Waals surface area contributed by atoms with E-state index in [1.165, 1.54) is 16.7 Å². The van der Waals surface area contributed by atoms with Crippen molar-refractivity contribution in [3.63, 3.8) is 0 Å². The van der Waals surface area contributed by atoms with Crippen LogP contribution in [0.3, 0.4) is 0 Å². The molecule has 0 amide bonds. The van der Waals surface area contributed by atoms with Crippen LogP contribution in [-0.4, -0.2) is 0 Å². The first-order chi connectivity index (χ1) is 7.51. The van der Waals surface area contributed by atoms with E-state index in [1.54, 1.807) is 5.56 Å². The lowest BCUT2D eigenvalue weighted by molar-refractivity contribution is 0.479. The molecule has 1 unspecified atom stereocenters. The zero-order valence-electron chi connectivity index (χ0n) is 10.9. The normalized spacial score (nSPS) is 22.2. The van der Waals surface area contributed by atoms with E-state index in [4.69, 9.17) is 5.73 Å². The summed E-state index contributed by atoms with van der Waals surface area (Å²) in [6.07, 6.45) is 3.30. The first-order valence-corrected chi connectivity index (χ1v) is 6.42. The van der Waals surface area contributed by atoms with Crippen LogP contribution in [0.5, 0.6) is 0 Å². The third kappa shape index (κ3) is 1.58. The summed E-state index contributed by atoms with van der Waals surface area (Å²) in [5, 5.41) is 0. The Bertz CT molecular complexity index is 404. The van der Waals surface area contributed by atoms with Crippen molar-refractivity contribution < 1.29 is 0 Å². The molecule has 1 nitrogen and oxygen atoms in total. The highest BCUT2D eigenvalue weighted by Gasteiger charge is 2.37. The molecule has 0 heterocycles. The summed E-state index contributed by atoms with van der Waals surface area (Å²) < 4.78 is 0. The van der Waals surface area contributed by atoms with Gasteiger partial charge in [-0.05, 0) is 46.9 Å². The maximum absolute atomic E-state index is 6.32. The van der Waals surface area contributed by atoms with Crippen LogP contribution in [0.15, 0.2) is 12.1 Å². The molecule has 0 fully saturated rings. The van der Waals surface area contributed by atoms with E-state index < -0.39 is 0 Å². The fraction of sp³-hybridized carbons (Fsp3) is 0.600. The molecule has 0 saturated carbocycles. The van der Waals surface area contributed by atoms with Gasteiger partial charge in [0.05, 0.1) is 0 Å². The maximum atomic E-state index is 6.32. The van der Waals surface area contributed by atoms with Crippen molar-refractivity contribution >= 4 is 0 Å². The van der Waals surface area contributed by atoms with Gasteiger partial charge in [-0.25, -0.2) is 0 Å². The summed E-state index contributed by atoms with van der Waals surface area (Å²) in [7, 11) is 0. The first-order valence-electron chi connectivity index (χ1n) is 6.42. The van der Waals surface area contributed by atoms with Crippen molar-refractivity contribution in [2.45, 2.75) is 58.4 Å². The highest BCUT2D eigenvalue weighted by atomic mass is 14.7. The van der Waals surface area contributed by atoms with Crippen LogP contribution >= 0.6 is 0 Å². The van der Waals surface area contributed by atoms with Gasteiger partial charge in [-0.3, -0.25) is 0 Å². The molecule has 2 N–H and O–H groups in total. The standard InChI is InChI=1S/C15H23N/c1-5-10-7-8-11(6-2)14-13(10)12(16)9-15(14,3)4/h7-8,12H,5-6,9,16H2,1-4H3. The Morgan fingerprint density at radius 1 is 1.19 bits per heavy atom. The van der Waals surface area contributed by atoms with Gasteiger partial charge < -0.3 is 5.73 Å². The van der Waals surface area contributed by atoms with E-state index in [1.807, 2.05) is 0 Å². The Morgan fingerprint density at radius 3 is 2.31 bits per heavy atom. The molecule has 1 atom stereocenters. The second-order valence-electron chi connectivity index (χ2n) is 5.57. The van der Waals surface area contributed by atoms with Gasteiger partial charge in [-0.1, -0.05) is 39.8 Å². The van der Waals surface area contributed by atoms with Crippen LogP contribution in [0.2, 0.25) is 0 Å². The number of hydrogen-bond acceptors (Lipinski definition) is 1. The quantitative estimate of drug-likeness (QED) is 0.806. The minimum Gasteiger partial charge on any atom is -0.324 e. The molecular formula is C15H23N. The molecule has 1 aromatic rings. The molecule has 0 bridgehead atoms. The van der Waals surface area contributed by atoms with Gasteiger partial charge >= 0.3 is 0 Å². The van der Waals surface area contributed by atoms with E-state index in [0.29, 0.717) is 0 Å². The first kappa shape index (κ1) is 11.7. The van der Waals surface area contributed by atoms with E-state index in [9.17, 15) is 0 Å². The molecule has 16 heavy (non-hydrogen) atoms. The summed E-state index contributed by atoms with van der Waals surface area (Å²) in [6.45, 7) is 9.12. The molecule has 0 spiro atoms. The van der Waals surface area contributed by atoms with Crippen molar-refractivity contribution in [1.82, 2.24) is 0 Å². The Hall–Kier alpha value is -0.820. The Labute approximate surface area is 99.0 Å². The van der Waals surface area contributed by atoms with Gasteiger partial charge in [0, 0.05) is 6.04 Å². The highest BCUT2D eigenvalue weighted by Crippen LogP contribution is 2.46. The van der Waals surface area contributed by atoms with Gasteiger partial charge in [0.25, 0.3) is 0 Å². The van der Waals surface area contributed by atoms with Crippen molar-refractivity contribution in [1.29, 1.82) is 0 Å². The van der Waals surface area contributed by atoms with Gasteiger partial charge in [-0.2, -0.15) is 0 Å². The highest BCUT2D eigenvalue weighted by molar-refractivity contribution is 5.50. The van der Waals surface area contributed by atoms with E-state index in [-0.39, 0.29) is 11.5 Å². The fourth-order valence-electron chi connectivity index (χ4n) is 3.29. The lowest BCUT2D eigenvalue weighted by Crippen LogP contribution is -2.15. The number of nitrogens with two attached hydrogens (primary N) is 1. The van der Waals surface area contributed by atoms with Crippen LogP contribution < -0.4 is 5.73 Å². The second-order valence-corrected chi connectivity index (χ2v) is 5.57. The minimum atomic E-state index is 0.242. The molecular weight excluding hydrogens is 194 g/mol. The van der Waals surface area contributed by atoms with Crippen molar-refractivity contribution in [2.75, 3.05) is 0 Å². The Kier molecular flexibility index (Phi) is 2.83. The number of hydrogen-bond donors (Lipinski definition) is 1. The average Bonchev–Trinajstić information content (AvgIpc) is 2.49. The SMILES string of the molecule is CCc1ccc(CC)c2c1C(N)CC2(C)C. The third-order valence-corrected chi connectivity index (χ3v) is 3.96. The fourth-order valence-corrected chi connectivity index (χ4v) is 3.29. The maximum Gasteiger partial charge on any atom is 0.0308 e. The molecule has 0 aliphatic heterocycles. The van der Waals surface area contributed by atoms with E-state index in [0.717, 1.165) is 19.3 Å². The van der Waals surface area contributed by atoms with Crippen molar-refractivity contribution in [3.05, 3.63) is 34.4 Å². The predicted molar refractivity (Wildman–Crippen MR) is 69.8 cm³/mol. The van der Waals surface area contributed by atoms with Crippen LogP contribution in [0.25, 0.3) is 0 Å². The lowest BCUT2D eigenvalue weighted by atomic mass is 9.82. The van der Waals surface area contributed by atoms with Gasteiger partial charge in [-0.15, -0.1) is 0 Å². The summed E-state index contributed by atoms with van der Waals surface area (Å²) in [6, 6.07) is 4.82. The third-order valence-electron chi connectivity index (χ3n) is 3.96. The monoisotopic (exact) mass is 217 g/mol. The second kappa shape index (κ2) is 3.89. The molecule has 1 heteroatoms.